The van der Waals surface area contributed by atoms with E-state index in [1.54, 1.807) is 0 Å². The Hall–Kier alpha value is -1.35. The Morgan fingerprint density at radius 1 is 1.20 bits per heavy atom. The number of carbonyl (C=O) groups excluding carboxylic acids is 1. The molecule has 0 saturated carbocycles. The Labute approximate surface area is 121 Å². The van der Waals surface area contributed by atoms with Gasteiger partial charge >= 0.3 is 0 Å². The highest BCUT2D eigenvalue weighted by Crippen LogP contribution is 2.23. The molecule has 3 nitrogen and oxygen atoms in total. The summed E-state index contributed by atoms with van der Waals surface area (Å²) in [4.78, 5) is 16.9. The van der Waals surface area contributed by atoms with Crippen LogP contribution < -0.4 is 0 Å². The van der Waals surface area contributed by atoms with E-state index in [1.165, 1.54) is 24.0 Å². The highest BCUT2D eigenvalue weighted by Gasteiger charge is 2.32. The lowest BCUT2D eigenvalue weighted by molar-refractivity contribution is -0.134. The van der Waals surface area contributed by atoms with Crippen LogP contribution >= 0.6 is 0 Å². The van der Waals surface area contributed by atoms with Gasteiger partial charge < -0.3 is 4.90 Å². The average Bonchev–Trinajstić information content (AvgIpc) is 3.12. The first-order valence-electron chi connectivity index (χ1n) is 7.79. The van der Waals surface area contributed by atoms with Crippen molar-refractivity contribution in [2.24, 2.45) is 5.92 Å². The Morgan fingerprint density at radius 3 is 2.70 bits per heavy atom. The molecule has 1 amide bonds. The minimum Gasteiger partial charge on any atom is -0.342 e. The number of hydrogen-bond acceptors (Lipinski definition) is 2. The molecule has 1 atom stereocenters. The SMILES string of the molecule is Cc1ccccc1CN1CCC(C(=O)N2CCCC2)C1. The zero-order valence-corrected chi connectivity index (χ0v) is 12.3. The molecule has 3 rings (SSSR count). The van der Waals surface area contributed by atoms with Crippen LogP contribution in [0.15, 0.2) is 24.3 Å². The van der Waals surface area contributed by atoms with E-state index in [0.29, 0.717) is 5.91 Å². The number of likely N-dealkylation sites (tertiary alicyclic amines) is 2. The molecule has 3 heteroatoms. The van der Waals surface area contributed by atoms with Crippen molar-refractivity contribution in [1.82, 2.24) is 9.80 Å². The van der Waals surface area contributed by atoms with Crippen LogP contribution in [0.5, 0.6) is 0 Å². The number of aryl methyl sites for hydroxylation is 1. The molecule has 0 bridgehead atoms. The predicted octanol–water partition coefficient (Wildman–Crippen LogP) is 2.44. The molecule has 0 aromatic heterocycles. The van der Waals surface area contributed by atoms with Crippen LogP contribution in [0.3, 0.4) is 0 Å². The fourth-order valence-electron chi connectivity index (χ4n) is 3.40. The molecule has 108 valence electrons. The van der Waals surface area contributed by atoms with Gasteiger partial charge in [0.25, 0.3) is 0 Å². The highest BCUT2D eigenvalue weighted by molar-refractivity contribution is 5.79. The zero-order chi connectivity index (χ0) is 13.9. The van der Waals surface area contributed by atoms with Crippen LogP contribution in [0.25, 0.3) is 0 Å². The van der Waals surface area contributed by atoms with E-state index in [0.717, 1.165) is 39.1 Å². The molecule has 2 aliphatic heterocycles. The summed E-state index contributed by atoms with van der Waals surface area (Å²) in [6.07, 6.45) is 3.40. The van der Waals surface area contributed by atoms with Crippen molar-refractivity contribution in [3.63, 3.8) is 0 Å². The van der Waals surface area contributed by atoms with Crippen LogP contribution in [0.1, 0.15) is 30.4 Å². The molecule has 2 heterocycles. The lowest BCUT2D eigenvalue weighted by atomic mass is 10.1. The first kappa shape index (κ1) is 13.6. The van der Waals surface area contributed by atoms with Crippen LogP contribution in [0.2, 0.25) is 0 Å². The summed E-state index contributed by atoms with van der Waals surface area (Å²) in [5.41, 5.74) is 2.74. The third-order valence-electron chi connectivity index (χ3n) is 4.69. The molecule has 0 radical (unpaired) electrons. The van der Waals surface area contributed by atoms with Crippen LogP contribution in [-0.2, 0) is 11.3 Å². The van der Waals surface area contributed by atoms with E-state index in [2.05, 4.69) is 41.0 Å². The lowest BCUT2D eigenvalue weighted by Crippen LogP contribution is -2.35. The molecule has 1 unspecified atom stereocenters. The summed E-state index contributed by atoms with van der Waals surface area (Å²) in [6.45, 7) is 7.09. The smallest absolute Gasteiger partial charge is 0.227 e. The van der Waals surface area contributed by atoms with Gasteiger partial charge in [-0.1, -0.05) is 24.3 Å². The molecule has 2 saturated heterocycles. The van der Waals surface area contributed by atoms with E-state index in [9.17, 15) is 4.79 Å². The van der Waals surface area contributed by atoms with Gasteiger partial charge in [-0.3, -0.25) is 9.69 Å². The second-order valence-electron chi connectivity index (χ2n) is 6.18. The Kier molecular flexibility index (Phi) is 4.06. The third-order valence-corrected chi connectivity index (χ3v) is 4.69. The standard InChI is InChI=1S/C17H24N2O/c1-14-6-2-3-7-15(14)12-18-11-8-16(13-18)17(20)19-9-4-5-10-19/h2-3,6-7,16H,4-5,8-13H2,1H3. The summed E-state index contributed by atoms with van der Waals surface area (Å²) in [6, 6.07) is 8.55. The summed E-state index contributed by atoms with van der Waals surface area (Å²) in [5, 5.41) is 0. The van der Waals surface area contributed by atoms with Crippen molar-refractivity contribution in [1.29, 1.82) is 0 Å². The number of hydrogen-bond donors (Lipinski definition) is 0. The minimum absolute atomic E-state index is 0.233. The topological polar surface area (TPSA) is 23.6 Å². The molecular weight excluding hydrogens is 248 g/mol. The second-order valence-corrected chi connectivity index (χ2v) is 6.18. The maximum absolute atomic E-state index is 12.4. The predicted molar refractivity (Wildman–Crippen MR) is 80.4 cm³/mol. The molecule has 1 aromatic carbocycles. The molecule has 0 aliphatic carbocycles. The number of carbonyl (C=O) groups is 1. The quantitative estimate of drug-likeness (QED) is 0.844. The first-order chi connectivity index (χ1) is 9.74. The van der Waals surface area contributed by atoms with Crippen molar-refractivity contribution in [3.8, 4) is 0 Å². The van der Waals surface area contributed by atoms with Crippen molar-refractivity contribution in [2.75, 3.05) is 26.2 Å². The molecule has 2 fully saturated rings. The number of amides is 1. The molecule has 0 N–H and O–H groups in total. The number of nitrogens with zero attached hydrogens (tertiary/aromatic N) is 2. The Bertz CT molecular complexity index is 480. The Balaban J connectivity index is 1.57. The van der Waals surface area contributed by atoms with Crippen LogP contribution in [0, 0.1) is 12.8 Å². The first-order valence-corrected chi connectivity index (χ1v) is 7.79. The van der Waals surface area contributed by atoms with Gasteiger partial charge in [-0.2, -0.15) is 0 Å². The summed E-state index contributed by atoms with van der Waals surface area (Å²) in [5.74, 6) is 0.631. The lowest BCUT2D eigenvalue weighted by Gasteiger charge is -2.21. The number of rotatable bonds is 3. The molecule has 1 aromatic rings. The van der Waals surface area contributed by atoms with Gasteiger partial charge in [-0.15, -0.1) is 0 Å². The van der Waals surface area contributed by atoms with E-state index in [1.807, 2.05) is 0 Å². The highest BCUT2D eigenvalue weighted by atomic mass is 16.2. The third kappa shape index (κ3) is 2.88. The largest absolute Gasteiger partial charge is 0.342 e. The van der Waals surface area contributed by atoms with Gasteiger partial charge in [0, 0.05) is 26.2 Å². The van der Waals surface area contributed by atoms with Crippen LogP contribution in [0.4, 0.5) is 0 Å². The fourth-order valence-corrected chi connectivity index (χ4v) is 3.40. The average molecular weight is 272 g/mol. The Morgan fingerprint density at radius 2 is 1.95 bits per heavy atom. The van der Waals surface area contributed by atoms with Crippen molar-refractivity contribution < 1.29 is 4.79 Å². The summed E-state index contributed by atoms with van der Waals surface area (Å²) >= 11 is 0. The van der Waals surface area contributed by atoms with Gasteiger partial charge in [0.2, 0.25) is 5.91 Å². The van der Waals surface area contributed by atoms with Crippen molar-refractivity contribution in [2.45, 2.75) is 32.7 Å². The summed E-state index contributed by atoms with van der Waals surface area (Å²) < 4.78 is 0. The zero-order valence-electron chi connectivity index (χ0n) is 12.3. The van der Waals surface area contributed by atoms with Crippen LogP contribution in [-0.4, -0.2) is 41.9 Å². The van der Waals surface area contributed by atoms with E-state index < -0.39 is 0 Å². The molecule has 2 aliphatic rings. The molecule has 0 spiro atoms. The summed E-state index contributed by atoms with van der Waals surface area (Å²) in [7, 11) is 0. The molecular formula is C17H24N2O. The van der Waals surface area contributed by atoms with Gasteiger partial charge in [-0.05, 0) is 43.9 Å². The monoisotopic (exact) mass is 272 g/mol. The van der Waals surface area contributed by atoms with Gasteiger partial charge in [0.05, 0.1) is 5.92 Å². The second kappa shape index (κ2) is 5.96. The van der Waals surface area contributed by atoms with Gasteiger partial charge in [0.1, 0.15) is 0 Å². The normalized spacial score (nSPS) is 23.4. The van der Waals surface area contributed by atoms with Crippen molar-refractivity contribution in [3.05, 3.63) is 35.4 Å². The van der Waals surface area contributed by atoms with Gasteiger partial charge in [-0.25, -0.2) is 0 Å². The van der Waals surface area contributed by atoms with E-state index in [4.69, 9.17) is 0 Å². The van der Waals surface area contributed by atoms with Gasteiger partial charge in [0.15, 0.2) is 0 Å². The minimum atomic E-state index is 0.233. The van der Waals surface area contributed by atoms with E-state index in [-0.39, 0.29) is 5.92 Å². The molecule has 20 heavy (non-hydrogen) atoms. The fraction of sp³-hybridized carbons (Fsp3) is 0.588. The van der Waals surface area contributed by atoms with Crippen molar-refractivity contribution >= 4 is 5.91 Å². The number of benzene rings is 1. The maximum atomic E-state index is 12.4. The van der Waals surface area contributed by atoms with E-state index >= 15 is 0 Å². The maximum Gasteiger partial charge on any atom is 0.227 e.